The zero-order valence-corrected chi connectivity index (χ0v) is 9.10. The van der Waals surface area contributed by atoms with Crippen molar-refractivity contribution in [2.75, 3.05) is 7.11 Å². The third kappa shape index (κ3) is 1.91. The second-order valence-corrected chi connectivity index (χ2v) is 3.69. The van der Waals surface area contributed by atoms with Crippen molar-refractivity contribution in [3.8, 4) is 5.75 Å². The van der Waals surface area contributed by atoms with Crippen molar-refractivity contribution in [3.05, 3.63) is 29.8 Å². The maximum absolute atomic E-state index is 11.5. The van der Waals surface area contributed by atoms with Gasteiger partial charge in [0.2, 0.25) is 11.8 Å². The molecule has 2 rings (SSSR count). The van der Waals surface area contributed by atoms with Crippen LogP contribution in [0.4, 0.5) is 0 Å². The Balaban J connectivity index is 2.20. The summed E-state index contributed by atoms with van der Waals surface area (Å²) in [6, 6.07) is 7.40. The fraction of sp³-hybridized carbons (Fsp3) is 0.333. The summed E-state index contributed by atoms with van der Waals surface area (Å²) in [5.41, 5.74) is 0.855. The average molecular weight is 219 g/mol. The average Bonchev–Trinajstić information content (AvgIpc) is 2.61. The van der Waals surface area contributed by atoms with E-state index < -0.39 is 0 Å². The van der Waals surface area contributed by atoms with Crippen molar-refractivity contribution in [3.63, 3.8) is 0 Å². The SMILES string of the molecule is COc1ccccc1CN1C(=O)CCC1=O. The van der Waals surface area contributed by atoms with Crippen molar-refractivity contribution >= 4 is 11.8 Å². The zero-order chi connectivity index (χ0) is 11.5. The summed E-state index contributed by atoms with van der Waals surface area (Å²) < 4.78 is 5.18. The number of carbonyl (C=O) groups is 2. The van der Waals surface area contributed by atoms with Crippen LogP contribution in [0.2, 0.25) is 0 Å². The summed E-state index contributed by atoms with van der Waals surface area (Å²) in [6.45, 7) is 0.307. The predicted molar refractivity (Wildman–Crippen MR) is 57.8 cm³/mol. The maximum atomic E-state index is 11.5. The molecule has 0 N–H and O–H groups in total. The minimum atomic E-state index is -0.101. The molecule has 0 unspecified atom stereocenters. The Labute approximate surface area is 93.8 Å². The molecule has 1 aromatic carbocycles. The first-order valence-corrected chi connectivity index (χ1v) is 5.17. The molecule has 1 heterocycles. The molecule has 16 heavy (non-hydrogen) atoms. The van der Waals surface area contributed by atoms with E-state index >= 15 is 0 Å². The lowest BCUT2D eigenvalue weighted by molar-refractivity contribution is -0.139. The molecule has 0 spiro atoms. The molecule has 1 aliphatic rings. The lowest BCUT2D eigenvalue weighted by atomic mass is 10.2. The van der Waals surface area contributed by atoms with E-state index in [1.54, 1.807) is 7.11 Å². The predicted octanol–water partition coefficient (Wildman–Crippen LogP) is 1.34. The van der Waals surface area contributed by atoms with Crippen LogP contribution in [0.25, 0.3) is 0 Å². The number of hydrogen-bond donors (Lipinski definition) is 0. The smallest absolute Gasteiger partial charge is 0.230 e. The summed E-state index contributed by atoms with van der Waals surface area (Å²) >= 11 is 0. The first-order valence-electron chi connectivity index (χ1n) is 5.17. The Hall–Kier alpha value is -1.84. The van der Waals surface area contributed by atoms with E-state index in [0.29, 0.717) is 25.1 Å². The van der Waals surface area contributed by atoms with Crippen molar-refractivity contribution in [2.45, 2.75) is 19.4 Å². The molecule has 0 bridgehead atoms. The van der Waals surface area contributed by atoms with Gasteiger partial charge in [0.15, 0.2) is 0 Å². The number of carbonyl (C=O) groups excluding carboxylic acids is 2. The molecule has 0 radical (unpaired) electrons. The number of methoxy groups -OCH3 is 1. The van der Waals surface area contributed by atoms with Crippen LogP contribution in [0.3, 0.4) is 0 Å². The normalized spacial score (nSPS) is 15.7. The number of rotatable bonds is 3. The van der Waals surface area contributed by atoms with Gasteiger partial charge in [0, 0.05) is 18.4 Å². The van der Waals surface area contributed by atoms with Gasteiger partial charge in [-0.1, -0.05) is 18.2 Å². The molecule has 2 amide bonds. The van der Waals surface area contributed by atoms with Gasteiger partial charge in [-0.2, -0.15) is 0 Å². The molecular weight excluding hydrogens is 206 g/mol. The lowest BCUT2D eigenvalue weighted by Gasteiger charge is -2.15. The summed E-state index contributed by atoms with van der Waals surface area (Å²) in [4.78, 5) is 24.2. The molecule has 4 nitrogen and oxygen atoms in total. The maximum Gasteiger partial charge on any atom is 0.230 e. The minimum absolute atomic E-state index is 0.101. The largest absolute Gasteiger partial charge is 0.496 e. The van der Waals surface area contributed by atoms with Crippen molar-refractivity contribution < 1.29 is 14.3 Å². The molecule has 0 saturated carbocycles. The lowest BCUT2D eigenvalue weighted by Crippen LogP contribution is -2.28. The Morgan fingerprint density at radius 1 is 1.19 bits per heavy atom. The van der Waals surface area contributed by atoms with Gasteiger partial charge in [0.1, 0.15) is 5.75 Å². The molecule has 1 saturated heterocycles. The van der Waals surface area contributed by atoms with Gasteiger partial charge in [-0.3, -0.25) is 14.5 Å². The molecule has 1 aromatic rings. The van der Waals surface area contributed by atoms with Gasteiger partial charge in [0.25, 0.3) is 0 Å². The fourth-order valence-corrected chi connectivity index (χ4v) is 1.80. The van der Waals surface area contributed by atoms with E-state index in [2.05, 4.69) is 0 Å². The third-order valence-electron chi connectivity index (χ3n) is 2.68. The first-order chi connectivity index (χ1) is 7.72. The topological polar surface area (TPSA) is 46.6 Å². The Kier molecular flexibility index (Phi) is 2.90. The number of benzene rings is 1. The summed E-state index contributed by atoms with van der Waals surface area (Å²) in [7, 11) is 1.58. The van der Waals surface area contributed by atoms with E-state index in [1.807, 2.05) is 24.3 Å². The van der Waals surface area contributed by atoms with Crippen molar-refractivity contribution in [2.24, 2.45) is 0 Å². The van der Waals surface area contributed by atoms with Crippen LogP contribution < -0.4 is 4.74 Å². The fourth-order valence-electron chi connectivity index (χ4n) is 1.80. The summed E-state index contributed by atoms with van der Waals surface area (Å²) in [5, 5.41) is 0. The van der Waals surface area contributed by atoms with E-state index in [9.17, 15) is 9.59 Å². The van der Waals surface area contributed by atoms with Gasteiger partial charge < -0.3 is 4.74 Å². The van der Waals surface area contributed by atoms with Crippen LogP contribution in [0.5, 0.6) is 5.75 Å². The van der Waals surface area contributed by atoms with Crippen LogP contribution in [0.1, 0.15) is 18.4 Å². The number of amides is 2. The first kappa shape index (κ1) is 10.7. The second-order valence-electron chi connectivity index (χ2n) is 3.69. The monoisotopic (exact) mass is 219 g/mol. The van der Waals surface area contributed by atoms with E-state index in [-0.39, 0.29) is 11.8 Å². The highest BCUT2D eigenvalue weighted by molar-refractivity contribution is 6.01. The Morgan fingerprint density at radius 2 is 1.81 bits per heavy atom. The van der Waals surface area contributed by atoms with Crippen LogP contribution in [-0.4, -0.2) is 23.8 Å². The molecule has 4 heteroatoms. The molecule has 0 atom stereocenters. The van der Waals surface area contributed by atoms with E-state index in [1.165, 1.54) is 4.90 Å². The number of likely N-dealkylation sites (tertiary alicyclic amines) is 1. The number of imide groups is 1. The van der Waals surface area contributed by atoms with Crippen LogP contribution in [0.15, 0.2) is 24.3 Å². The van der Waals surface area contributed by atoms with Gasteiger partial charge in [-0.15, -0.1) is 0 Å². The van der Waals surface area contributed by atoms with Gasteiger partial charge >= 0.3 is 0 Å². The van der Waals surface area contributed by atoms with Crippen LogP contribution in [-0.2, 0) is 16.1 Å². The Bertz CT molecular complexity index is 412. The highest BCUT2D eigenvalue weighted by Crippen LogP contribution is 2.22. The molecule has 84 valence electrons. The highest BCUT2D eigenvalue weighted by Gasteiger charge is 2.29. The van der Waals surface area contributed by atoms with Crippen LogP contribution in [0, 0.1) is 0 Å². The van der Waals surface area contributed by atoms with Crippen LogP contribution >= 0.6 is 0 Å². The van der Waals surface area contributed by atoms with E-state index in [0.717, 1.165) is 5.56 Å². The van der Waals surface area contributed by atoms with Crippen molar-refractivity contribution in [1.82, 2.24) is 4.90 Å². The number of nitrogens with zero attached hydrogens (tertiary/aromatic N) is 1. The summed E-state index contributed by atoms with van der Waals surface area (Å²) in [5.74, 6) is 0.502. The van der Waals surface area contributed by atoms with Gasteiger partial charge in [-0.05, 0) is 6.07 Å². The molecule has 1 fully saturated rings. The van der Waals surface area contributed by atoms with E-state index in [4.69, 9.17) is 4.74 Å². The van der Waals surface area contributed by atoms with Gasteiger partial charge in [0.05, 0.1) is 13.7 Å². The quantitative estimate of drug-likeness (QED) is 0.721. The number of hydrogen-bond acceptors (Lipinski definition) is 3. The van der Waals surface area contributed by atoms with Crippen molar-refractivity contribution in [1.29, 1.82) is 0 Å². The third-order valence-corrected chi connectivity index (χ3v) is 2.68. The number of ether oxygens (including phenoxy) is 1. The molecule has 1 aliphatic heterocycles. The molecule has 0 aromatic heterocycles. The highest BCUT2D eigenvalue weighted by atomic mass is 16.5. The minimum Gasteiger partial charge on any atom is -0.496 e. The zero-order valence-electron chi connectivity index (χ0n) is 9.10. The summed E-state index contributed by atoms with van der Waals surface area (Å²) in [6.07, 6.45) is 0.655. The standard InChI is InChI=1S/C12H13NO3/c1-16-10-5-3-2-4-9(10)8-13-11(14)6-7-12(13)15/h2-5H,6-8H2,1H3. The number of para-hydroxylation sites is 1. The Morgan fingerprint density at radius 3 is 2.44 bits per heavy atom. The second kappa shape index (κ2) is 4.35. The van der Waals surface area contributed by atoms with Gasteiger partial charge in [-0.25, -0.2) is 0 Å². The molecular formula is C12H13NO3. The molecule has 0 aliphatic carbocycles.